The summed E-state index contributed by atoms with van der Waals surface area (Å²) in [5, 5.41) is 19.6. The van der Waals surface area contributed by atoms with Crippen LogP contribution in [0.15, 0.2) is 21.7 Å². The number of anilines is 1. The maximum atomic E-state index is 11.7. The van der Waals surface area contributed by atoms with Gasteiger partial charge < -0.3 is 10.5 Å². The van der Waals surface area contributed by atoms with E-state index in [4.69, 9.17) is 16.4 Å². The number of nitrogens with one attached hydrogen (secondary N) is 2. The van der Waals surface area contributed by atoms with E-state index in [1.807, 2.05) is 6.92 Å². The summed E-state index contributed by atoms with van der Waals surface area (Å²) >= 11 is 3.32. The molecule has 0 saturated heterocycles. The number of aryl methyl sites for hydroxylation is 1. The van der Waals surface area contributed by atoms with E-state index in [0.29, 0.717) is 5.69 Å². The molecule has 4 N–H and O–H groups in total. The third-order valence-electron chi connectivity index (χ3n) is 2.35. The zero-order valence-electron chi connectivity index (χ0n) is 10.8. The first kappa shape index (κ1) is 15.7. The Morgan fingerprint density at radius 3 is 2.75 bits per heavy atom. The van der Waals surface area contributed by atoms with E-state index >= 15 is 0 Å². The van der Waals surface area contributed by atoms with Crippen LogP contribution in [0.5, 0.6) is 0 Å². The van der Waals surface area contributed by atoms with Crippen LogP contribution < -0.4 is 11.2 Å². The molecule has 0 bridgehead atoms. The van der Waals surface area contributed by atoms with Gasteiger partial charge in [-0.2, -0.15) is 10.4 Å². The van der Waals surface area contributed by atoms with Gasteiger partial charge in [0.25, 0.3) is 0 Å². The molecule has 0 atom stereocenters. The lowest BCUT2D eigenvalue weighted by atomic mass is 10.1. The highest BCUT2D eigenvalue weighted by Gasteiger charge is 2.14. The predicted octanol–water partition coefficient (Wildman–Crippen LogP) is 1.77. The van der Waals surface area contributed by atoms with Crippen molar-refractivity contribution in [2.24, 2.45) is 10.8 Å². The Kier molecular flexibility index (Phi) is 5.23. The molecule has 0 aromatic heterocycles. The minimum atomic E-state index is -0.551. The van der Waals surface area contributed by atoms with E-state index in [-0.39, 0.29) is 11.3 Å². The van der Waals surface area contributed by atoms with Gasteiger partial charge in [0, 0.05) is 4.47 Å². The van der Waals surface area contributed by atoms with E-state index < -0.39 is 11.8 Å². The van der Waals surface area contributed by atoms with Gasteiger partial charge in [0.05, 0.1) is 18.4 Å². The number of nitrogens with zero attached hydrogens (tertiary/aromatic N) is 2. The normalized spacial score (nSPS) is 10.6. The summed E-state index contributed by atoms with van der Waals surface area (Å²) < 4.78 is 5.41. The van der Waals surface area contributed by atoms with Crippen LogP contribution in [0.25, 0.3) is 0 Å². The number of ether oxygens (including phenoxy) is 1. The van der Waals surface area contributed by atoms with Crippen molar-refractivity contribution in [2.45, 2.75) is 6.92 Å². The van der Waals surface area contributed by atoms with Gasteiger partial charge in [-0.3, -0.25) is 10.8 Å². The van der Waals surface area contributed by atoms with Crippen LogP contribution in [-0.2, 0) is 4.74 Å². The zero-order valence-corrected chi connectivity index (χ0v) is 12.4. The molecule has 0 radical (unpaired) electrons. The van der Waals surface area contributed by atoms with Crippen LogP contribution in [0.2, 0.25) is 0 Å². The van der Waals surface area contributed by atoms with E-state index in [2.05, 4.69) is 31.2 Å². The topological polar surface area (TPSA) is 124 Å². The molecule has 104 valence electrons. The molecule has 0 amide bonds. The van der Waals surface area contributed by atoms with Crippen molar-refractivity contribution in [2.75, 3.05) is 12.5 Å². The number of benzene rings is 1. The average molecular weight is 338 g/mol. The second kappa shape index (κ2) is 6.68. The summed E-state index contributed by atoms with van der Waals surface area (Å²) in [7, 11) is 1.26. The minimum absolute atomic E-state index is 0.245. The first-order valence-electron chi connectivity index (χ1n) is 5.37. The lowest BCUT2D eigenvalue weighted by Gasteiger charge is -2.10. The standard InChI is InChI=1S/C12H12BrN5O2/c1-6-3-9(17-18-10(5-14)11(15)16)7(4-8(6)13)12(19)20-2/h3-4,17H,1-2H3,(H3,15,16)/b18-10+. The first-order chi connectivity index (χ1) is 9.40. The van der Waals surface area contributed by atoms with Gasteiger partial charge in [0.2, 0.25) is 5.71 Å². The van der Waals surface area contributed by atoms with Crippen LogP contribution in [0.4, 0.5) is 5.69 Å². The number of amidine groups is 1. The number of rotatable bonds is 4. The number of hydrazone groups is 1. The van der Waals surface area contributed by atoms with E-state index in [9.17, 15) is 4.79 Å². The highest BCUT2D eigenvalue weighted by atomic mass is 79.9. The number of halogens is 1. The molecule has 0 unspecified atom stereocenters. The van der Waals surface area contributed by atoms with E-state index in [1.165, 1.54) is 7.11 Å². The Morgan fingerprint density at radius 2 is 2.25 bits per heavy atom. The van der Waals surface area contributed by atoms with Crippen molar-refractivity contribution in [1.29, 1.82) is 10.7 Å². The van der Waals surface area contributed by atoms with Gasteiger partial charge in [-0.1, -0.05) is 15.9 Å². The van der Waals surface area contributed by atoms with E-state index in [0.717, 1.165) is 10.0 Å². The van der Waals surface area contributed by atoms with Gasteiger partial charge in [-0.05, 0) is 24.6 Å². The summed E-state index contributed by atoms with van der Waals surface area (Å²) in [5.41, 5.74) is 8.91. The van der Waals surface area contributed by atoms with Gasteiger partial charge in [-0.15, -0.1) is 0 Å². The Hall–Kier alpha value is -2.40. The largest absolute Gasteiger partial charge is 0.465 e. The number of esters is 1. The number of nitrogens with two attached hydrogens (primary N) is 1. The van der Waals surface area contributed by atoms with Gasteiger partial charge >= 0.3 is 5.97 Å². The predicted molar refractivity (Wildman–Crippen MR) is 78.8 cm³/mol. The monoisotopic (exact) mass is 337 g/mol. The molecule has 1 aromatic rings. The molecule has 0 spiro atoms. The Balaban J connectivity index is 3.24. The van der Waals surface area contributed by atoms with Crippen molar-refractivity contribution in [3.8, 4) is 6.07 Å². The molecule has 0 aliphatic rings. The third-order valence-corrected chi connectivity index (χ3v) is 3.21. The average Bonchev–Trinajstić information content (AvgIpc) is 2.41. The molecule has 0 aliphatic carbocycles. The number of carbonyl (C=O) groups excluding carboxylic acids is 1. The second-order valence-electron chi connectivity index (χ2n) is 3.74. The SMILES string of the molecule is COC(=O)c1cc(Br)c(C)cc1N/N=C(\C#N)C(=N)N. The van der Waals surface area contributed by atoms with Crippen LogP contribution in [0, 0.1) is 23.7 Å². The number of methoxy groups -OCH3 is 1. The number of carbonyl (C=O) groups is 1. The molecular formula is C12H12BrN5O2. The number of hydrogen-bond donors (Lipinski definition) is 3. The molecule has 0 aliphatic heterocycles. The molecule has 20 heavy (non-hydrogen) atoms. The van der Waals surface area contributed by atoms with Gasteiger partial charge in [-0.25, -0.2) is 4.79 Å². The fourth-order valence-corrected chi connectivity index (χ4v) is 1.66. The number of hydrogen-bond acceptors (Lipinski definition) is 6. The molecule has 8 heteroatoms. The van der Waals surface area contributed by atoms with Crippen LogP contribution in [0.3, 0.4) is 0 Å². The van der Waals surface area contributed by atoms with Crippen LogP contribution >= 0.6 is 15.9 Å². The van der Waals surface area contributed by atoms with Crippen molar-refractivity contribution >= 4 is 39.1 Å². The first-order valence-corrected chi connectivity index (χ1v) is 6.16. The van der Waals surface area contributed by atoms with Crippen molar-refractivity contribution in [3.05, 3.63) is 27.7 Å². The summed E-state index contributed by atoms with van der Waals surface area (Å²) in [4.78, 5) is 11.7. The summed E-state index contributed by atoms with van der Waals surface area (Å²) in [6.45, 7) is 1.83. The number of nitriles is 1. The van der Waals surface area contributed by atoms with Gasteiger partial charge in [0.1, 0.15) is 6.07 Å². The summed E-state index contributed by atoms with van der Waals surface area (Å²) in [6, 6.07) is 4.92. The van der Waals surface area contributed by atoms with Crippen molar-refractivity contribution < 1.29 is 9.53 Å². The molecule has 0 saturated carbocycles. The maximum absolute atomic E-state index is 11.7. The molecule has 1 aromatic carbocycles. The Bertz CT molecular complexity index is 633. The summed E-state index contributed by atoms with van der Waals surface area (Å²) in [6.07, 6.45) is 0. The van der Waals surface area contributed by atoms with Gasteiger partial charge in [0.15, 0.2) is 5.84 Å². The fraction of sp³-hybridized carbons (Fsp3) is 0.167. The highest BCUT2D eigenvalue weighted by Crippen LogP contribution is 2.26. The second-order valence-corrected chi connectivity index (χ2v) is 4.59. The van der Waals surface area contributed by atoms with Crippen molar-refractivity contribution in [1.82, 2.24) is 0 Å². The minimum Gasteiger partial charge on any atom is -0.465 e. The highest BCUT2D eigenvalue weighted by molar-refractivity contribution is 9.10. The Labute approximate surface area is 124 Å². The summed E-state index contributed by atoms with van der Waals surface area (Å²) in [5.74, 6) is -1.02. The maximum Gasteiger partial charge on any atom is 0.340 e. The third kappa shape index (κ3) is 3.55. The lowest BCUT2D eigenvalue weighted by Crippen LogP contribution is -2.22. The molecular weight excluding hydrogens is 326 g/mol. The quantitative estimate of drug-likeness (QED) is 0.334. The fourth-order valence-electron chi connectivity index (χ4n) is 1.31. The molecule has 0 heterocycles. The Morgan fingerprint density at radius 1 is 1.60 bits per heavy atom. The van der Waals surface area contributed by atoms with Crippen LogP contribution in [-0.4, -0.2) is 24.6 Å². The zero-order chi connectivity index (χ0) is 15.3. The lowest BCUT2D eigenvalue weighted by molar-refractivity contribution is 0.0601. The van der Waals surface area contributed by atoms with E-state index in [1.54, 1.807) is 18.2 Å². The molecule has 0 fully saturated rings. The van der Waals surface area contributed by atoms with Crippen molar-refractivity contribution in [3.63, 3.8) is 0 Å². The smallest absolute Gasteiger partial charge is 0.340 e. The molecule has 1 rings (SSSR count). The van der Waals surface area contributed by atoms with Crippen LogP contribution in [0.1, 0.15) is 15.9 Å². The molecule has 7 nitrogen and oxygen atoms in total.